The van der Waals surface area contributed by atoms with E-state index in [9.17, 15) is 14.7 Å². The Morgan fingerprint density at radius 1 is 1.04 bits per heavy atom. The standard InChI is InChI=1S/C17H16Cl2N2O4/c18-11-5-6-15(13(19)9-11)25-10-16(23)20-7-8-21-17(24)12-3-1-2-4-14(12)22/h1-6,9,22H,7-8,10H2,(H,20,23)(H,21,24). The minimum Gasteiger partial charge on any atom is -0.507 e. The summed E-state index contributed by atoms with van der Waals surface area (Å²) in [6.45, 7) is 0.214. The van der Waals surface area contributed by atoms with Crippen LogP contribution in [0.2, 0.25) is 10.0 Å². The zero-order chi connectivity index (χ0) is 18.2. The second-order valence-corrected chi connectivity index (χ2v) is 5.83. The first-order chi connectivity index (χ1) is 12.0. The second-order valence-electron chi connectivity index (χ2n) is 4.99. The number of phenolic OH excluding ortho intramolecular Hbond substituents is 1. The molecule has 2 aromatic carbocycles. The fourth-order valence-corrected chi connectivity index (χ4v) is 2.39. The smallest absolute Gasteiger partial charge is 0.258 e. The van der Waals surface area contributed by atoms with Crippen molar-refractivity contribution in [3.63, 3.8) is 0 Å². The molecule has 0 radical (unpaired) electrons. The number of nitrogens with one attached hydrogen (secondary N) is 2. The number of amides is 2. The number of hydrogen-bond donors (Lipinski definition) is 3. The van der Waals surface area contributed by atoms with E-state index in [0.29, 0.717) is 15.8 Å². The third kappa shape index (κ3) is 5.85. The predicted molar refractivity (Wildman–Crippen MR) is 95.4 cm³/mol. The highest BCUT2D eigenvalue weighted by molar-refractivity contribution is 6.35. The van der Waals surface area contributed by atoms with Crippen molar-refractivity contribution in [2.45, 2.75) is 0 Å². The first-order valence-electron chi connectivity index (χ1n) is 7.38. The van der Waals surface area contributed by atoms with Crippen LogP contribution < -0.4 is 15.4 Å². The van der Waals surface area contributed by atoms with E-state index in [-0.39, 0.29) is 36.9 Å². The van der Waals surface area contributed by atoms with Gasteiger partial charge in [0.05, 0.1) is 10.6 Å². The average Bonchev–Trinajstić information content (AvgIpc) is 2.58. The summed E-state index contributed by atoms with van der Waals surface area (Å²) in [5.74, 6) is -0.522. The summed E-state index contributed by atoms with van der Waals surface area (Å²) in [6.07, 6.45) is 0. The molecule has 2 amide bonds. The number of benzene rings is 2. The summed E-state index contributed by atoms with van der Waals surface area (Å²) < 4.78 is 5.29. The number of halogens is 2. The Morgan fingerprint density at radius 2 is 1.76 bits per heavy atom. The fraction of sp³-hybridized carbons (Fsp3) is 0.176. The highest BCUT2D eigenvalue weighted by Gasteiger charge is 2.10. The molecule has 132 valence electrons. The van der Waals surface area contributed by atoms with E-state index in [1.54, 1.807) is 24.3 Å². The topological polar surface area (TPSA) is 87.7 Å². The maximum atomic E-state index is 11.9. The Hall–Kier alpha value is -2.44. The quantitative estimate of drug-likeness (QED) is 0.642. The van der Waals surface area contributed by atoms with E-state index >= 15 is 0 Å². The van der Waals surface area contributed by atoms with Gasteiger partial charge in [-0.15, -0.1) is 0 Å². The molecule has 0 bridgehead atoms. The van der Waals surface area contributed by atoms with Gasteiger partial charge in [-0.1, -0.05) is 35.3 Å². The van der Waals surface area contributed by atoms with Crippen LogP contribution in [0.25, 0.3) is 0 Å². The monoisotopic (exact) mass is 382 g/mol. The maximum absolute atomic E-state index is 11.9. The number of carbonyl (C=O) groups excluding carboxylic acids is 2. The number of aromatic hydroxyl groups is 1. The lowest BCUT2D eigenvalue weighted by Gasteiger charge is -2.10. The van der Waals surface area contributed by atoms with E-state index in [1.807, 2.05) is 0 Å². The van der Waals surface area contributed by atoms with E-state index in [0.717, 1.165) is 0 Å². The Morgan fingerprint density at radius 3 is 2.48 bits per heavy atom. The van der Waals surface area contributed by atoms with Crippen LogP contribution in [0, 0.1) is 0 Å². The van der Waals surface area contributed by atoms with Gasteiger partial charge in [0.15, 0.2) is 6.61 Å². The molecule has 25 heavy (non-hydrogen) atoms. The van der Waals surface area contributed by atoms with Gasteiger partial charge in [-0.2, -0.15) is 0 Å². The number of hydrogen-bond acceptors (Lipinski definition) is 4. The molecule has 0 aromatic heterocycles. The van der Waals surface area contributed by atoms with Crippen LogP contribution in [0.4, 0.5) is 0 Å². The van der Waals surface area contributed by atoms with Crippen molar-refractivity contribution in [1.82, 2.24) is 10.6 Å². The summed E-state index contributed by atoms with van der Waals surface area (Å²) in [7, 11) is 0. The lowest BCUT2D eigenvalue weighted by molar-refractivity contribution is -0.123. The zero-order valence-corrected chi connectivity index (χ0v) is 14.6. The number of carbonyl (C=O) groups is 2. The molecule has 6 nitrogen and oxygen atoms in total. The number of para-hydroxylation sites is 1. The first-order valence-corrected chi connectivity index (χ1v) is 8.13. The molecule has 3 N–H and O–H groups in total. The average molecular weight is 383 g/mol. The van der Waals surface area contributed by atoms with Crippen LogP contribution in [0.5, 0.6) is 11.5 Å². The molecule has 0 aliphatic heterocycles. The molecule has 0 heterocycles. The van der Waals surface area contributed by atoms with Gasteiger partial charge in [-0.05, 0) is 30.3 Å². The Kier molecular flexibility index (Phi) is 6.91. The van der Waals surface area contributed by atoms with Crippen molar-refractivity contribution >= 4 is 35.0 Å². The number of ether oxygens (including phenoxy) is 1. The Bertz CT molecular complexity index is 768. The Labute approximate surface area is 154 Å². The van der Waals surface area contributed by atoms with Gasteiger partial charge < -0.3 is 20.5 Å². The summed E-state index contributed by atoms with van der Waals surface area (Å²) >= 11 is 11.7. The van der Waals surface area contributed by atoms with E-state index in [2.05, 4.69) is 10.6 Å². The molecule has 0 atom stereocenters. The number of phenols is 1. The third-order valence-corrected chi connectivity index (χ3v) is 3.66. The van der Waals surface area contributed by atoms with Crippen molar-refractivity contribution < 1.29 is 19.4 Å². The van der Waals surface area contributed by atoms with E-state index < -0.39 is 5.91 Å². The molecular weight excluding hydrogens is 367 g/mol. The van der Waals surface area contributed by atoms with Gasteiger partial charge in [-0.25, -0.2) is 0 Å². The van der Waals surface area contributed by atoms with Crippen LogP contribution >= 0.6 is 23.2 Å². The molecule has 0 fully saturated rings. The normalized spacial score (nSPS) is 10.2. The van der Waals surface area contributed by atoms with Crippen molar-refractivity contribution in [3.05, 3.63) is 58.1 Å². The molecule has 2 rings (SSSR count). The van der Waals surface area contributed by atoms with Crippen LogP contribution in [0.1, 0.15) is 10.4 Å². The summed E-state index contributed by atoms with van der Waals surface area (Å²) in [4.78, 5) is 23.6. The molecule has 0 unspecified atom stereocenters. The van der Waals surface area contributed by atoms with Crippen molar-refractivity contribution in [1.29, 1.82) is 0 Å². The molecule has 8 heteroatoms. The predicted octanol–water partition coefficient (Wildman–Crippen LogP) is 2.62. The lowest BCUT2D eigenvalue weighted by Crippen LogP contribution is -2.36. The highest BCUT2D eigenvalue weighted by Crippen LogP contribution is 2.27. The minimum atomic E-state index is -0.420. The van der Waals surface area contributed by atoms with Crippen molar-refractivity contribution in [3.8, 4) is 11.5 Å². The van der Waals surface area contributed by atoms with Gasteiger partial charge >= 0.3 is 0 Å². The van der Waals surface area contributed by atoms with Crippen LogP contribution in [0.15, 0.2) is 42.5 Å². The van der Waals surface area contributed by atoms with Gasteiger partial charge in [-0.3, -0.25) is 9.59 Å². The minimum absolute atomic E-state index is 0.0997. The van der Waals surface area contributed by atoms with Crippen LogP contribution in [-0.2, 0) is 4.79 Å². The van der Waals surface area contributed by atoms with E-state index in [4.69, 9.17) is 27.9 Å². The molecule has 0 aliphatic carbocycles. The highest BCUT2D eigenvalue weighted by atomic mass is 35.5. The SMILES string of the molecule is O=C(COc1ccc(Cl)cc1Cl)NCCNC(=O)c1ccccc1O. The van der Waals surface area contributed by atoms with E-state index in [1.165, 1.54) is 18.2 Å². The summed E-state index contributed by atoms with van der Waals surface area (Å²) in [5, 5.41) is 15.6. The lowest BCUT2D eigenvalue weighted by atomic mass is 10.2. The molecule has 0 saturated carbocycles. The Balaban J connectivity index is 1.68. The van der Waals surface area contributed by atoms with Crippen molar-refractivity contribution in [2.24, 2.45) is 0 Å². The maximum Gasteiger partial charge on any atom is 0.258 e. The summed E-state index contributed by atoms with van der Waals surface area (Å²) in [6, 6.07) is 10.9. The first kappa shape index (κ1) is 18.9. The van der Waals surface area contributed by atoms with Gasteiger partial charge in [0, 0.05) is 18.1 Å². The number of rotatable bonds is 7. The largest absolute Gasteiger partial charge is 0.507 e. The second kappa shape index (κ2) is 9.15. The van der Waals surface area contributed by atoms with Crippen molar-refractivity contribution in [2.75, 3.05) is 19.7 Å². The fourth-order valence-electron chi connectivity index (χ4n) is 1.93. The molecular formula is C17H16Cl2N2O4. The van der Waals surface area contributed by atoms with Crippen LogP contribution in [-0.4, -0.2) is 36.6 Å². The molecule has 0 spiro atoms. The van der Waals surface area contributed by atoms with Crippen LogP contribution in [0.3, 0.4) is 0 Å². The van der Waals surface area contributed by atoms with Gasteiger partial charge in [0.25, 0.3) is 11.8 Å². The molecule has 0 saturated heterocycles. The van der Waals surface area contributed by atoms with Gasteiger partial charge in [0.2, 0.25) is 0 Å². The molecule has 2 aromatic rings. The third-order valence-electron chi connectivity index (χ3n) is 3.13. The summed E-state index contributed by atoms with van der Waals surface area (Å²) in [5.41, 5.74) is 0.176. The zero-order valence-electron chi connectivity index (χ0n) is 13.1. The van der Waals surface area contributed by atoms with Gasteiger partial charge in [0.1, 0.15) is 11.5 Å². The molecule has 0 aliphatic rings.